The molecule has 0 aliphatic rings. The van der Waals surface area contributed by atoms with Crippen LogP contribution in [0.4, 0.5) is 0 Å². The van der Waals surface area contributed by atoms with E-state index in [0.29, 0.717) is 35.9 Å². The molecule has 0 atom stereocenters. The predicted octanol–water partition coefficient (Wildman–Crippen LogP) is 2.76. The number of aromatic nitrogens is 4. The molecule has 0 radical (unpaired) electrons. The monoisotopic (exact) mass is 427 g/mol. The van der Waals surface area contributed by atoms with Gasteiger partial charge in [0.25, 0.3) is 0 Å². The molecule has 0 bridgehead atoms. The van der Waals surface area contributed by atoms with Gasteiger partial charge in [0.05, 0.1) is 5.75 Å². The third-order valence-electron chi connectivity index (χ3n) is 4.45. The van der Waals surface area contributed by atoms with E-state index >= 15 is 0 Å². The van der Waals surface area contributed by atoms with Crippen molar-refractivity contribution in [1.29, 1.82) is 0 Å². The maximum Gasteiger partial charge on any atom is 0.222 e. The van der Waals surface area contributed by atoms with Crippen LogP contribution in [0, 0.1) is 6.92 Å². The molecule has 0 saturated carbocycles. The van der Waals surface area contributed by atoms with E-state index < -0.39 is 10.0 Å². The van der Waals surface area contributed by atoms with Gasteiger partial charge in [-0.3, -0.25) is 0 Å². The minimum atomic E-state index is -3.31. The molecular weight excluding hydrogens is 402 g/mol. The zero-order valence-corrected chi connectivity index (χ0v) is 18.1. The number of nitrogens with one attached hydrogen (secondary N) is 1. The van der Waals surface area contributed by atoms with E-state index in [-0.39, 0.29) is 5.75 Å². The summed E-state index contributed by atoms with van der Waals surface area (Å²) in [6.45, 7) is 3.88. The number of sulfonamides is 1. The molecule has 2 heterocycles. The van der Waals surface area contributed by atoms with Crippen LogP contribution in [-0.2, 0) is 35.0 Å². The molecule has 0 fully saturated rings. The van der Waals surface area contributed by atoms with Gasteiger partial charge in [-0.2, -0.15) is 4.98 Å². The Labute approximate surface area is 176 Å². The number of nitrogens with zero attached hydrogens (tertiary/aromatic N) is 4. The largest absolute Gasteiger partial charge is 0.439 e. The minimum absolute atomic E-state index is 0.0815. The third kappa shape index (κ3) is 6.30. The van der Waals surface area contributed by atoms with Crippen LogP contribution < -0.4 is 9.46 Å². The van der Waals surface area contributed by atoms with Crippen molar-refractivity contribution < 1.29 is 13.2 Å². The van der Waals surface area contributed by atoms with Crippen LogP contribution in [0.1, 0.15) is 35.4 Å². The Morgan fingerprint density at radius 1 is 1.00 bits per heavy atom. The molecule has 3 rings (SSSR count). The molecule has 0 aliphatic heterocycles. The van der Waals surface area contributed by atoms with Crippen molar-refractivity contribution in [3.8, 4) is 11.6 Å². The summed E-state index contributed by atoms with van der Waals surface area (Å²) in [6, 6.07) is 8.68. The van der Waals surface area contributed by atoms with Crippen LogP contribution in [0.2, 0.25) is 0 Å². The van der Waals surface area contributed by atoms with Crippen LogP contribution in [-0.4, -0.2) is 35.4 Å². The zero-order valence-electron chi connectivity index (χ0n) is 17.3. The Hall–Kier alpha value is -2.91. The first-order chi connectivity index (χ1) is 14.4. The fraction of sp³-hybridized carbons (Fsp3) is 0.333. The molecule has 0 spiro atoms. The highest BCUT2D eigenvalue weighted by molar-refractivity contribution is 7.88. The van der Waals surface area contributed by atoms with Crippen molar-refractivity contribution in [2.45, 2.75) is 38.9 Å². The average Bonchev–Trinajstić information content (AvgIpc) is 2.73. The summed E-state index contributed by atoms with van der Waals surface area (Å²) in [7, 11) is -1.91. The minimum Gasteiger partial charge on any atom is -0.439 e. The number of aryl methyl sites for hydroxylation is 4. The van der Waals surface area contributed by atoms with Crippen molar-refractivity contribution in [2.75, 3.05) is 7.05 Å². The summed E-state index contributed by atoms with van der Waals surface area (Å²) in [5.41, 5.74) is 2.63. The van der Waals surface area contributed by atoms with Crippen molar-refractivity contribution in [3.05, 3.63) is 71.2 Å². The van der Waals surface area contributed by atoms with E-state index in [1.54, 1.807) is 30.3 Å². The highest BCUT2D eigenvalue weighted by Gasteiger charge is 2.10. The van der Waals surface area contributed by atoms with E-state index in [1.807, 2.05) is 19.3 Å². The highest BCUT2D eigenvalue weighted by Crippen LogP contribution is 2.21. The van der Waals surface area contributed by atoms with E-state index in [2.05, 4.69) is 31.6 Å². The van der Waals surface area contributed by atoms with Crippen molar-refractivity contribution in [2.24, 2.45) is 0 Å². The first-order valence-corrected chi connectivity index (χ1v) is 11.3. The van der Waals surface area contributed by atoms with Gasteiger partial charge in [-0.25, -0.2) is 28.1 Å². The van der Waals surface area contributed by atoms with E-state index in [0.717, 1.165) is 23.5 Å². The molecule has 30 heavy (non-hydrogen) atoms. The summed E-state index contributed by atoms with van der Waals surface area (Å²) < 4.78 is 31.4. The van der Waals surface area contributed by atoms with Crippen LogP contribution in [0.25, 0.3) is 0 Å². The van der Waals surface area contributed by atoms with Crippen molar-refractivity contribution >= 4 is 10.0 Å². The Balaban J connectivity index is 1.65. The summed E-state index contributed by atoms with van der Waals surface area (Å²) >= 11 is 0. The van der Waals surface area contributed by atoms with Gasteiger partial charge in [0, 0.05) is 30.6 Å². The molecule has 1 N–H and O–H groups in total. The molecule has 3 aromatic rings. The molecule has 9 heteroatoms. The number of benzene rings is 1. The molecular formula is C21H25N5O3S. The van der Waals surface area contributed by atoms with Crippen LogP contribution in [0.3, 0.4) is 0 Å². The van der Waals surface area contributed by atoms with E-state index in [1.165, 1.54) is 7.05 Å². The first-order valence-electron chi connectivity index (χ1n) is 9.69. The smallest absolute Gasteiger partial charge is 0.222 e. The lowest BCUT2D eigenvalue weighted by Gasteiger charge is -2.09. The highest BCUT2D eigenvalue weighted by atomic mass is 32.2. The first kappa shape index (κ1) is 21.8. The lowest BCUT2D eigenvalue weighted by molar-refractivity contribution is 0.458. The second kappa shape index (κ2) is 9.73. The van der Waals surface area contributed by atoms with Gasteiger partial charge in [0.15, 0.2) is 0 Å². The molecule has 8 nitrogen and oxygen atoms in total. The van der Waals surface area contributed by atoms with Gasteiger partial charge >= 0.3 is 0 Å². The van der Waals surface area contributed by atoms with Gasteiger partial charge < -0.3 is 4.74 Å². The number of rotatable bonds is 9. The normalized spacial score (nSPS) is 11.4. The third-order valence-corrected chi connectivity index (χ3v) is 5.79. The molecule has 1 aromatic carbocycles. The summed E-state index contributed by atoms with van der Waals surface area (Å²) in [5.74, 6) is 2.32. The van der Waals surface area contributed by atoms with Crippen LogP contribution in [0.15, 0.2) is 42.7 Å². The average molecular weight is 428 g/mol. The van der Waals surface area contributed by atoms with E-state index in [9.17, 15) is 8.42 Å². The van der Waals surface area contributed by atoms with Gasteiger partial charge in [-0.1, -0.05) is 19.1 Å². The number of hydrogen-bond acceptors (Lipinski definition) is 7. The topological polar surface area (TPSA) is 107 Å². The molecule has 2 aromatic heterocycles. The maximum atomic E-state index is 11.6. The Kier molecular flexibility index (Phi) is 7.07. The second-order valence-corrected chi connectivity index (χ2v) is 8.74. The fourth-order valence-electron chi connectivity index (χ4n) is 2.78. The zero-order chi connectivity index (χ0) is 21.6. The molecule has 0 aliphatic carbocycles. The molecule has 0 unspecified atom stereocenters. The summed E-state index contributed by atoms with van der Waals surface area (Å²) in [4.78, 5) is 17.6. The Morgan fingerprint density at radius 2 is 1.70 bits per heavy atom. The van der Waals surface area contributed by atoms with Gasteiger partial charge in [-0.05, 0) is 50.1 Å². The van der Waals surface area contributed by atoms with Gasteiger partial charge in [0.2, 0.25) is 15.9 Å². The van der Waals surface area contributed by atoms with Crippen LogP contribution in [0.5, 0.6) is 11.6 Å². The van der Waals surface area contributed by atoms with E-state index in [4.69, 9.17) is 4.74 Å². The number of ether oxygens (including phenoxy) is 1. The Morgan fingerprint density at radius 3 is 2.33 bits per heavy atom. The summed E-state index contributed by atoms with van der Waals surface area (Å²) in [6.07, 6.45) is 5.97. The van der Waals surface area contributed by atoms with Gasteiger partial charge in [-0.15, -0.1) is 0 Å². The van der Waals surface area contributed by atoms with Gasteiger partial charge in [0.1, 0.15) is 17.4 Å². The lowest BCUT2D eigenvalue weighted by atomic mass is 10.2. The molecule has 0 amide bonds. The number of hydrogen-bond donors (Lipinski definition) is 1. The SMILES string of the molecule is CCc1cnc(CCc2cc(Oc3ccc(CS(=O)(=O)NC)cc3)nc(C)n2)nc1. The summed E-state index contributed by atoms with van der Waals surface area (Å²) in [5, 5.41) is 0. The Bertz CT molecular complexity index is 1080. The molecule has 158 valence electrons. The lowest BCUT2D eigenvalue weighted by Crippen LogP contribution is -2.20. The van der Waals surface area contributed by atoms with Crippen molar-refractivity contribution in [1.82, 2.24) is 24.7 Å². The predicted molar refractivity (Wildman–Crippen MR) is 114 cm³/mol. The van der Waals surface area contributed by atoms with Crippen LogP contribution >= 0.6 is 0 Å². The molecule has 0 saturated heterocycles. The second-order valence-electron chi connectivity index (χ2n) is 6.82. The quantitative estimate of drug-likeness (QED) is 0.559. The van der Waals surface area contributed by atoms with Crippen molar-refractivity contribution in [3.63, 3.8) is 0 Å². The fourth-order valence-corrected chi connectivity index (χ4v) is 3.55. The maximum absolute atomic E-state index is 11.6. The standard InChI is InChI=1S/C21H25N5O3S/c1-4-16-12-23-20(24-13-16)10-7-18-11-21(26-15(2)25-18)29-19-8-5-17(6-9-19)14-30(27,28)22-3/h5-6,8-9,11-13,22H,4,7,10,14H2,1-3H3.